The van der Waals surface area contributed by atoms with Crippen LogP contribution in [0, 0.1) is 5.92 Å². The van der Waals surface area contributed by atoms with Gasteiger partial charge in [-0.25, -0.2) is 4.79 Å². The molecule has 104 valence electrons. The number of esters is 1. The van der Waals surface area contributed by atoms with Crippen molar-refractivity contribution in [3.8, 4) is 0 Å². The molecule has 0 aliphatic carbocycles. The standard InChI is InChI=1S/C16H17NO3/c1-10(2)15(18)17-12-8-7-11-5-4-6-13(14(11)9-12)16(19)20-3/h4-10H,1-3H3,(H,17,18). The van der Waals surface area contributed by atoms with Crippen molar-refractivity contribution in [3.63, 3.8) is 0 Å². The van der Waals surface area contributed by atoms with Crippen LogP contribution in [0.1, 0.15) is 24.2 Å². The van der Waals surface area contributed by atoms with Gasteiger partial charge in [0.2, 0.25) is 5.91 Å². The third-order valence-corrected chi connectivity index (χ3v) is 3.08. The molecule has 2 aromatic carbocycles. The van der Waals surface area contributed by atoms with Gasteiger partial charge in [-0.2, -0.15) is 0 Å². The smallest absolute Gasteiger partial charge is 0.338 e. The molecule has 1 amide bonds. The third kappa shape index (κ3) is 2.79. The van der Waals surface area contributed by atoms with E-state index in [2.05, 4.69) is 5.32 Å². The van der Waals surface area contributed by atoms with Gasteiger partial charge >= 0.3 is 5.97 Å². The number of fused-ring (bicyclic) bond motifs is 1. The Morgan fingerprint density at radius 1 is 1.15 bits per heavy atom. The normalized spacial score (nSPS) is 10.6. The van der Waals surface area contributed by atoms with E-state index in [1.807, 2.05) is 32.0 Å². The minimum Gasteiger partial charge on any atom is -0.465 e. The van der Waals surface area contributed by atoms with Crippen LogP contribution in [0.15, 0.2) is 36.4 Å². The zero-order valence-corrected chi connectivity index (χ0v) is 11.8. The summed E-state index contributed by atoms with van der Waals surface area (Å²) in [5.41, 5.74) is 1.16. The molecule has 0 fully saturated rings. The molecule has 0 saturated carbocycles. The monoisotopic (exact) mass is 271 g/mol. The molecule has 2 aromatic rings. The highest BCUT2D eigenvalue weighted by Gasteiger charge is 2.12. The number of amides is 1. The van der Waals surface area contributed by atoms with Crippen molar-refractivity contribution >= 4 is 28.3 Å². The molecule has 20 heavy (non-hydrogen) atoms. The zero-order chi connectivity index (χ0) is 14.7. The molecule has 0 aromatic heterocycles. The number of carbonyl (C=O) groups excluding carboxylic acids is 2. The van der Waals surface area contributed by atoms with Crippen molar-refractivity contribution in [2.24, 2.45) is 5.92 Å². The van der Waals surface area contributed by atoms with Gasteiger partial charge in [0.25, 0.3) is 0 Å². The second-order valence-corrected chi connectivity index (χ2v) is 4.88. The highest BCUT2D eigenvalue weighted by Crippen LogP contribution is 2.23. The Morgan fingerprint density at radius 3 is 2.55 bits per heavy atom. The second-order valence-electron chi connectivity index (χ2n) is 4.88. The predicted octanol–water partition coefficient (Wildman–Crippen LogP) is 3.22. The lowest BCUT2D eigenvalue weighted by atomic mass is 10.0. The molecular formula is C16H17NO3. The van der Waals surface area contributed by atoms with Crippen molar-refractivity contribution in [3.05, 3.63) is 42.0 Å². The Hall–Kier alpha value is -2.36. The average molecular weight is 271 g/mol. The predicted molar refractivity (Wildman–Crippen MR) is 78.8 cm³/mol. The molecule has 2 rings (SSSR count). The molecule has 0 radical (unpaired) electrons. The number of carbonyl (C=O) groups is 2. The van der Waals surface area contributed by atoms with E-state index in [4.69, 9.17) is 4.74 Å². The van der Waals surface area contributed by atoms with E-state index in [0.717, 1.165) is 10.8 Å². The molecule has 0 aliphatic heterocycles. The summed E-state index contributed by atoms with van der Waals surface area (Å²) >= 11 is 0. The first-order chi connectivity index (χ1) is 9.52. The van der Waals surface area contributed by atoms with Crippen LogP contribution in [-0.2, 0) is 9.53 Å². The van der Waals surface area contributed by atoms with E-state index in [-0.39, 0.29) is 17.8 Å². The van der Waals surface area contributed by atoms with E-state index in [9.17, 15) is 9.59 Å². The van der Waals surface area contributed by atoms with Crippen molar-refractivity contribution in [2.75, 3.05) is 12.4 Å². The maximum atomic E-state index is 11.8. The van der Waals surface area contributed by atoms with Crippen molar-refractivity contribution < 1.29 is 14.3 Å². The fourth-order valence-corrected chi connectivity index (χ4v) is 1.92. The van der Waals surface area contributed by atoms with Crippen LogP contribution < -0.4 is 5.32 Å². The number of hydrogen-bond acceptors (Lipinski definition) is 3. The summed E-state index contributed by atoms with van der Waals surface area (Å²) in [5, 5.41) is 4.52. The van der Waals surface area contributed by atoms with Gasteiger partial charge in [0.1, 0.15) is 0 Å². The van der Waals surface area contributed by atoms with E-state index in [1.54, 1.807) is 18.2 Å². The van der Waals surface area contributed by atoms with E-state index < -0.39 is 0 Å². The maximum absolute atomic E-state index is 11.8. The van der Waals surface area contributed by atoms with Gasteiger partial charge in [-0.3, -0.25) is 4.79 Å². The third-order valence-electron chi connectivity index (χ3n) is 3.08. The molecule has 0 atom stereocenters. The highest BCUT2D eigenvalue weighted by molar-refractivity contribution is 6.06. The van der Waals surface area contributed by atoms with Crippen LogP contribution in [0.3, 0.4) is 0 Å². The summed E-state index contributed by atoms with van der Waals surface area (Å²) < 4.78 is 4.78. The van der Waals surface area contributed by atoms with Crippen LogP contribution in [0.25, 0.3) is 10.8 Å². The maximum Gasteiger partial charge on any atom is 0.338 e. The van der Waals surface area contributed by atoms with Gasteiger partial charge in [0.05, 0.1) is 12.7 Å². The molecule has 4 heteroatoms. The minimum atomic E-state index is -0.386. The Labute approximate surface area is 117 Å². The van der Waals surface area contributed by atoms with Crippen LogP contribution >= 0.6 is 0 Å². The van der Waals surface area contributed by atoms with Gasteiger partial charge in [-0.1, -0.05) is 32.0 Å². The Kier molecular flexibility index (Phi) is 4.03. The summed E-state index contributed by atoms with van der Waals surface area (Å²) in [7, 11) is 1.35. The highest BCUT2D eigenvalue weighted by atomic mass is 16.5. The Morgan fingerprint density at radius 2 is 1.90 bits per heavy atom. The van der Waals surface area contributed by atoms with Crippen LogP contribution in [0.2, 0.25) is 0 Å². The summed E-state index contributed by atoms with van der Waals surface area (Å²) in [6, 6.07) is 10.9. The number of hydrogen-bond donors (Lipinski definition) is 1. The van der Waals surface area contributed by atoms with Gasteiger partial charge in [-0.15, -0.1) is 0 Å². The van der Waals surface area contributed by atoms with Crippen LogP contribution in [-0.4, -0.2) is 19.0 Å². The molecule has 0 unspecified atom stereocenters. The van der Waals surface area contributed by atoms with Crippen molar-refractivity contribution in [1.29, 1.82) is 0 Å². The van der Waals surface area contributed by atoms with Gasteiger partial charge in [-0.05, 0) is 29.0 Å². The summed E-state index contributed by atoms with van der Waals surface area (Å²) in [6.07, 6.45) is 0. The van der Waals surface area contributed by atoms with Crippen molar-refractivity contribution in [1.82, 2.24) is 0 Å². The largest absolute Gasteiger partial charge is 0.465 e. The van der Waals surface area contributed by atoms with E-state index in [0.29, 0.717) is 11.3 Å². The van der Waals surface area contributed by atoms with E-state index >= 15 is 0 Å². The number of benzene rings is 2. The first kappa shape index (κ1) is 14.1. The van der Waals surface area contributed by atoms with Gasteiger partial charge in [0.15, 0.2) is 0 Å². The second kappa shape index (κ2) is 5.74. The van der Waals surface area contributed by atoms with Crippen LogP contribution in [0.5, 0.6) is 0 Å². The number of ether oxygens (including phenoxy) is 1. The lowest BCUT2D eigenvalue weighted by molar-refractivity contribution is -0.118. The molecular weight excluding hydrogens is 254 g/mol. The summed E-state index contributed by atoms with van der Waals surface area (Å²) in [4.78, 5) is 23.5. The van der Waals surface area contributed by atoms with E-state index in [1.165, 1.54) is 7.11 Å². The van der Waals surface area contributed by atoms with Gasteiger partial charge in [0, 0.05) is 11.6 Å². The minimum absolute atomic E-state index is 0.0556. The first-order valence-corrected chi connectivity index (χ1v) is 6.45. The fourth-order valence-electron chi connectivity index (χ4n) is 1.92. The van der Waals surface area contributed by atoms with Gasteiger partial charge < -0.3 is 10.1 Å². The number of rotatable bonds is 3. The topological polar surface area (TPSA) is 55.4 Å². The molecule has 0 heterocycles. The Bertz CT molecular complexity index is 662. The Balaban J connectivity index is 2.46. The van der Waals surface area contributed by atoms with Crippen LogP contribution in [0.4, 0.5) is 5.69 Å². The first-order valence-electron chi connectivity index (χ1n) is 6.45. The lowest BCUT2D eigenvalue weighted by Gasteiger charge is -2.10. The molecule has 1 N–H and O–H groups in total. The quantitative estimate of drug-likeness (QED) is 0.872. The number of methoxy groups -OCH3 is 1. The molecule has 0 bridgehead atoms. The lowest BCUT2D eigenvalue weighted by Crippen LogP contribution is -2.17. The number of nitrogens with one attached hydrogen (secondary N) is 1. The number of anilines is 1. The SMILES string of the molecule is COC(=O)c1cccc2ccc(NC(=O)C(C)C)cc12. The molecule has 0 aliphatic rings. The molecule has 0 saturated heterocycles. The summed E-state index contributed by atoms with van der Waals surface area (Å²) in [6.45, 7) is 3.66. The molecule has 4 nitrogen and oxygen atoms in total. The molecule has 0 spiro atoms. The zero-order valence-electron chi connectivity index (χ0n) is 11.8. The average Bonchev–Trinajstić information content (AvgIpc) is 2.45. The van der Waals surface area contributed by atoms with Crippen molar-refractivity contribution in [2.45, 2.75) is 13.8 Å². The fraction of sp³-hybridized carbons (Fsp3) is 0.250. The summed E-state index contributed by atoms with van der Waals surface area (Å²) in [5.74, 6) is -0.538.